The smallest absolute Gasteiger partial charge is 0.238 e. The van der Waals surface area contributed by atoms with Crippen molar-refractivity contribution in [1.29, 1.82) is 0 Å². The summed E-state index contributed by atoms with van der Waals surface area (Å²) in [5.74, 6) is 0.768. The van der Waals surface area contributed by atoms with E-state index in [1.807, 2.05) is 37.3 Å². The van der Waals surface area contributed by atoms with E-state index in [4.69, 9.17) is 21.1 Å². The first-order valence-corrected chi connectivity index (χ1v) is 7.92. The van der Waals surface area contributed by atoms with Crippen molar-refractivity contribution in [2.24, 2.45) is 0 Å². The topological polar surface area (TPSA) is 59.6 Å². The molecule has 1 amide bonds. The SMILES string of the molecule is COc1cc(NC(=O)CNC(C)c2ccccc2)c(OC)cc1Cl. The van der Waals surface area contributed by atoms with E-state index in [0.29, 0.717) is 22.2 Å². The number of carbonyl (C=O) groups is 1. The van der Waals surface area contributed by atoms with E-state index in [0.717, 1.165) is 5.56 Å². The van der Waals surface area contributed by atoms with Gasteiger partial charge in [-0.15, -0.1) is 0 Å². The molecule has 0 aliphatic heterocycles. The number of carbonyl (C=O) groups excluding carboxylic acids is 1. The molecule has 24 heavy (non-hydrogen) atoms. The number of benzene rings is 2. The molecule has 0 bridgehead atoms. The minimum atomic E-state index is -0.180. The van der Waals surface area contributed by atoms with Crippen LogP contribution in [0.3, 0.4) is 0 Å². The highest BCUT2D eigenvalue weighted by molar-refractivity contribution is 6.32. The molecule has 0 saturated carbocycles. The number of hydrogen-bond acceptors (Lipinski definition) is 4. The first-order chi connectivity index (χ1) is 11.5. The van der Waals surface area contributed by atoms with Gasteiger partial charge in [-0.05, 0) is 12.5 Å². The molecule has 0 aromatic heterocycles. The van der Waals surface area contributed by atoms with Crippen molar-refractivity contribution in [2.75, 3.05) is 26.1 Å². The molecule has 5 nitrogen and oxygen atoms in total. The van der Waals surface area contributed by atoms with Gasteiger partial charge in [-0.1, -0.05) is 41.9 Å². The maximum absolute atomic E-state index is 12.2. The van der Waals surface area contributed by atoms with Gasteiger partial charge in [0.2, 0.25) is 5.91 Å². The Bertz CT molecular complexity index is 692. The number of nitrogens with one attached hydrogen (secondary N) is 2. The van der Waals surface area contributed by atoms with Crippen molar-refractivity contribution >= 4 is 23.2 Å². The molecule has 0 aliphatic rings. The zero-order valence-corrected chi connectivity index (χ0v) is 14.7. The molecule has 2 aromatic carbocycles. The molecule has 2 aromatic rings. The standard InChI is InChI=1S/C18H21ClN2O3/c1-12(13-7-5-4-6-8-13)20-11-18(22)21-15-10-16(23-2)14(19)9-17(15)24-3/h4-10,12,20H,11H2,1-3H3,(H,21,22). The van der Waals surface area contributed by atoms with Gasteiger partial charge >= 0.3 is 0 Å². The van der Waals surface area contributed by atoms with E-state index >= 15 is 0 Å². The van der Waals surface area contributed by atoms with Gasteiger partial charge in [-0.25, -0.2) is 0 Å². The van der Waals surface area contributed by atoms with Crippen LogP contribution in [0, 0.1) is 0 Å². The summed E-state index contributed by atoms with van der Waals surface area (Å²) < 4.78 is 10.4. The lowest BCUT2D eigenvalue weighted by Gasteiger charge is -2.16. The third kappa shape index (κ3) is 4.63. The number of anilines is 1. The van der Waals surface area contributed by atoms with Crippen LogP contribution in [-0.4, -0.2) is 26.7 Å². The summed E-state index contributed by atoms with van der Waals surface area (Å²) in [5, 5.41) is 6.41. The Balaban J connectivity index is 1.99. The van der Waals surface area contributed by atoms with E-state index in [-0.39, 0.29) is 18.5 Å². The Kier molecular flexibility index (Phi) is 6.46. The first kappa shape index (κ1) is 18.1. The van der Waals surface area contributed by atoms with Crippen molar-refractivity contribution in [2.45, 2.75) is 13.0 Å². The highest BCUT2D eigenvalue weighted by Gasteiger charge is 2.13. The van der Waals surface area contributed by atoms with Gasteiger partial charge in [-0.2, -0.15) is 0 Å². The molecule has 128 valence electrons. The number of methoxy groups -OCH3 is 2. The van der Waals surface area contributed by atoms with Crippen LogP contribution in [0.2, 0.25) is 5.02 Å². The van der Waals surface area contributed by atoms with Crippen LogP contribution in [0.25, 0.3) is 0 Å². The van der Waals surface area contributed by atoms with Crippen molar-refractivity contribution in [1.82, 2.24) is 5.32 Å². The van der Waals surface area contributed by atoms with Crippen LogP contribution in [0.5, 0.6) is 11.5 Å². The highest BCUT2D eigenvalue weighted by atomic mass is 35.5. The number of hydrogen-bond donors (Lipinski definition) is 2. The van der Waals surface area contributed by atoms with Crippen LogP contribution in [-0.2, 0) is 4.79 Å². The largest absolute Gasteiger partial charge is 0.495 e. The molecule has 0 spiro atoms. The molecule has 6 heteroatoms. The van der Waals surface area contributed by atoms with Gasteiger partial charge in [0.05, 0.1) is 31.5 Å². The fourth-order valence-electron chi connectivity index (χ4n) is 2.26. The summed E-state index contributed by atoms with van der Waals surface area (Å²) in [7, 11) is 3.03. The highest BCUT2D eigenvalue weighted by Crippen LogP contribution is 2.35. The molecule has 2 N–H and O–H groups in total. The number of rotatable bonds is 7. The molecular formula is C18H21ClN2O3. The lowest BCUT2D eigenvalue weighted by atomic mass is 10.1. The normalized spacial score (nSPS) is 11.7. The molecule has 0 fully saturated rings. The zero-order chi connectivity index (χ0) is 17.5. The van der Waals surface area contributed by atoms with Gasteiger partial charge in [-0.3, -0.25) is 4.79 Å². The summed E-state index contributed by atoms with van der Waals surface area (Å²) in [6.45, 7) is 2.18. The van der Waals surface area contributed by atoms with E-state index in [9.17, 15) is 4.79 Å². The lowest BCUT2D eigenvalue weighted by Crippen LogP contribution is -2.30. The Labute approximate surface area is 146 Å². The Hall–Kier alpha value is -2.24. The first-order valence-electron chi connectivity index (χ1n) is 7.55. The zero-order valence-electron chi connectivity index (χ0n) is 13.9. The summed E-state index contributed by atoms with van der Waals surface area (Å²) in [6.07, 6.45) is 0. The average molecular weight is 349 g/mol. The Morgan fingerprint density at radius 3 is 2.42 bits per heavy atom. The molecule has 1 unspecified atom stereocenters. The van der Waals surface area contributed by atoms with Crippen LogP contribution in [0.4, 0.5) is 5.69 Å². The second kappa shape index (κ2) is 8.57. The minimum absolute atomic E-state index is 0.0681. The van der Waals surface area contributed by atoms with E-state index in [1.165, 1.54) is 14.2 Å². The fourth-order valence-corrected chi connectivity index (χ4v) is 2.49. The number of amides is 1. The maximum Gasteiger partial charge on any atom is 0.238 e. The third-order valence-electron chi connectivity index (χ3n) is 3.62. The van der Waals surface area contributed by atoms with Gasteiger partial charge in [0.25, 0.3) is 0 Å². The summed E-state index contributed by atoms with van der Waals surface area (Å²) in [4.78, 5) is 12.2. The van der Waals surface area contributed by atoms with Gasteiger partial charge in [0, 0.05) is 18.2 Å². The fraction of sp³-hybridized carbons (Fsp3) is 0.278. The Morgan fingerprint density at radius 2 is 1.79 bits per heavy atom. The minimum Gasteiger partial charge on any atom is -0.495 e. The van der Waals surface area contributed by atoms with Crippen LogP contribution in [0.1, 0.15) is 18.5 Å². The predicted molar refractivity (Wildman–Crippen MR) is 96.0 cm³/mol. The number of halogens is 1. The molecule has 0 radical (unpaired) electrons. The maximum atomic E-state index is 12.2. The Morgan fingerprint density at radius 1 is 1.12 bits per heavy atom. The summed E-state index contributed by atoms with van der Waals surface area (Å²) >= 11 is 6.06. The second-order valence-corrected chi connectivity index (χ2v) is 5.66. The van der Waals surface area contributed by atoms with Gasteiger partial charge in [0.1, 0.15) is 11.5 Å². The van der Waals surface area contributed by atoms with Crippen molar-refractivity contribution in [3.63, 3.8) is 0 Å². The van der Waals surface area contributed by atoms with Crippen molar-refractivity contribution < 1.29 is 14.3 Å². The predicted octanol–water partition coefficient (Wildman–Crippen LogP) is 3.65. The molecule has 0 aliphatic carbocycles. The summed E-state index contributed by atoms with van der Waals surface area (Å²) in [5.41, 5.74) is 1.63. The molecule has 1 atom stereocenters. The van der Waals surface area contributed by atoms with E-state index < -0.39 is 0 Å². The van der Waals surface area contributed by atoms with E-state index in [2.05, 4.69) is 10.6 Å². The summed E-state index contributed by atoms with van der Waals surface area (Å²) in [6, 6.07) is 13.2. The van der Waals surface area contributed by atoms with Crippen molar-refractivity contribution in [3.05, 3.63) is 53.1 Å². The lowest BCUT2D eigenvalue weighted by molar-refractivity contribution is -0.115. The van der Waals surface area contributed by atoms with E-state index in [1.54, 1.807) is 12.1 Å². The van der Waals surface area contributed by atoms with Crippen LogP contribution in [0.15, 0.2) is 42.5 Å². The van der Waals surface area contributed by atoms with Gasteiger partial charge in [0.15, 0.2) is 0 Å². The van der Waals surface area contributed by atoms with Gasteiger partial charge < -0.3 is 20.1 Å². The van der Waals surface area contributed by atoms with Crippen molar-refractivity contribution in [3.8, 4) is 11.5 Å². The molecular weight excluding hydrogens is 328 g/mol. The monoisotopic (exact) mass is 348 g/mol. The van der Waals surface area contributed by atoms with Crippen LogP contribution >= 0.6 is 11.6 Å². The molecule has 2 rings (SSSR count). The molecule has 0 heterocycles. The van der Waals surface area contributed by atoms with Crippen LogP contribution < -0.4 is 20.1 Å². The molecule has 0 saturated heterocycles. The third-order valence-corrected chi connectivity index (χ3v) is 3.91. The second-order valence-electron chi connectivity index (χ2n) is 5.25. The quantitative estimate of drug-likeness (QED) is 0.802. The number of ether oxygens (including phenoxy) is 2. The average Bonchev–Trinajstić information content (AvgIpc) is 2.61.